The highest BCUT2D eigenvalue weighted by molar-refractivity contribution is 7.98. The Morgan fingerprint density at radius 2 is 2.05 bits per heavy atom. The van der Waals surface area contributed by atoms with E-state index in [1.54, 1.807) is 16.7 Å². The number of pyridine rings is 1. The Kier molecular flexibility index (Phi) is 6.08. The van der Waals surface area contributed by atoms with E-state index < -0.39 is 0 Å². The fraction of sp³-hybridized carbons (Fsp3) is 0.625. The van der Waals surface area contributed by atoms with Crippen LogP contribution in [0.5, 0.6) is 0 Å². The lowest BCUT2D eigenvalue weighted by molar-refractivity contribution is 0.0757. The van der Waals surface area contributed by atoms with Crippen molar-refractivity contribution in [2.45, 2.75) is 39.2 Å². The van der Waals surface area contributed by atoms with Gasteiger partial charge in [0.15, 0.2) is 0 Å². The number of carbonyl (C=O) groups is 1. The zero-order chi connectivity index (χ0) is 16.2. The largest absolute Gasteiger partial charge is 0.373 e. The second kappa shape index (κ2) is 7.16. The number of aromatic nitrogens is 1. The number of thioether (sulfide) groups is 1. The van der Waals surface area contributed by atoms with Gasteiger partial charge >= 0.3 is 0 Å². The molecular weight excluding hydrogens is 282 g/mol. The molecule has 1 aromatic rings. The smallest absolute Gasteiger partial charge is 0.254 e. The second-order valence-electron chi connectivity index (χ2n) is 6.35. The average Bonchev–Trinajstić information content (AvgIpc) is 2.44. The molecule has 0 saturated carbocycles. The predicted molar refractivity (Wildman–Crippen MR) is 92.4 cm³/mol. The van der Waals surface area contributed by atoms with Gasteiger partial charge in [0.1, 0.15) is 5.82 Å². The van der Waals surface area contributed by atoms with Gasteiger partial charge in [-0.2, -0.15) is 11.8 Å². The minimum Gasteiger partial charge on any atom is -0.373 e. The van der Waals surface area contributed by atoms with Gasteiger partial charge in [-0.3, -0.25) is 4.79 Å². The van der Waals surface area contributed by atoms with Gasteiger partial charge in [0, 0.05) is 42.6 Å². The maximum atomic E-state index is 12.7. The number of anilines is 1. The van der Waals surface area contributed by atoms with Crippen molar-refractivity contribution in [1.29, 1.82) is 0 Å². The molecule has 1 unspecified atom stereocenters. The summed E-state index contributed by atoms with van der Waals surface area (Å²) in [4.78, 5) is 19.0. The number of rotatable bonds is 5. The minimum absolute atomic E-state index is 0.0425. The number of carbonyl (C=O) groups excluding carboxylic acids is 1. The molecule has 0 radical (unpaired) electrons. The van der Waals surface area contributed by atoms with Gasteiger partial charge < -0.3 is 10.2 Å². The Bertz CT molecular complexity index is 497. The van der Waals surface area contributed by atoms with E-state index in [0.717, 1.165) is 17.3 Å². The average molecular weight is 309 g/mol. The second-order valence-corrected chi connectivity index (χ2v) is 7.26. The number of nitrogens with one attached hydrogen (secondary N) is 1. The first kappa shape index (κ1) is 17.8. The van der Waals surface area contributed by atoms with Crippen LogP contribution in [0.15, 0.2) is 12.1 Å². The molecule has 0 aromatic carbocycles. The maximum absolute atomic E-state index is 12.7. The van der Waals surface area contributed by atoms with Gasteiger partial charge in [0.05, 0.1) is 0 Å². The van der Waals surface area contributed by atoms with E-state index in [-0.39, 0.29) is 17.4 Å². The van der Waals surface area contributed by atoms with Crippen molar-refractivity contribution in [2.24, 2.45) is 0 Å². The number of nitrogens with zero attached hydrogens (tertiary/aromatic N) is 2. The minimum atomic E-state index is -0.0919. The Morgan fingerprint density at radius 1 is 1.43 bits per heavy atom. The van der Waals surface area contributed by atoms with Crippen molar-refractivity contribution in [3.63, 3.8) is 0 Å². The molecule has 4 nitrogen and oxygen atoms in total. The molecule has 0 aliphatic rings. The van der Waals surface area contributed by atoms with Crippen LogP contribution < -0.4 is 5.32 Å². The van der Waals surface area contributed by atoms with E-state index in [0.29, 0.717) is 5.56 Å². The molecule has 1 aromatic heterocycles. The Labute approximate surface area is 132 Å². The Morgan fingerprint density at radius 3 is 2.52 bits per heavy atom. The molecule has 1 amide bonds. The maximum Gasteiger partial charge on any atom is 0.254 e. The quantitative estimate of drug-likeness (QED) is 0.907. The molecule has 0 aliphatic carbocycles. The van der Waals surface area contributed by atoms with Crippen LogP contribution in [0.3, 0.4) is 0 Å². The van der Waals surface area contributed by atoms with E-state index in [1.807, 2.05) is 26.2 Å². The molecule has 0 fully saturated rings. The van der Waals surface area contributed by atoms with Gasteiger partial charge in [-0.05, 0) is 25.3 Å². The monoisotopic (exact) mass is 309 g/mol. The lowest BCUT2D eigenvalue weighted by Gasteiger charge is -2.26. The van der Waals surface area contributed by atoms with Crippen molar-refractivity contribution in [3.8, 4) is 0 Å². The topological polar surface area (TPSA) is 45.2 Å². The van der Waals surface area contributed by atoms with E-state index in [2.05, 4.69) is 44.3 Å². The molecule has 0 bridgehead atoms. The lowest BCUT2D eigenvalue weighted by atomic mass is 9.90. The molecule has 118 valence electrons. The summed E-state index contributed by atoms with van der Waals surface area (Å²) in [5, 5.41) is 3.04. The van der Waals surface area contributed by atoms with Crippen molar-refractivity contribution < 1.29 is 4.79 Å². The summed E-state index contributed by atoms with van der Waals surface area (Å²) in [6.45, 7) is 8.37. The van der Waals surface area contributed by atoms with E-state index >= 15 is 0 Å². The van der Waals surface area contributed by atoms with Crippen molar-refractivity contribution in [1.82, 2.24) is 9.88 Å². The summed E-state index contributed by atoms with van der Waals surface area (Å²) in [5.41, 5.74) is 1.52. The summed E-state index contributed by atoms with van der Waals surface area (Å²) < 4.78 is 0. The third-order valence-corrected chi connectivity index (χ3v) is 4.30. The summed E-state index contributed by atoms with van der Waals surface area (Å²) in [6, 6.07) is 3.93. The first-order valence-corrected chi connectivity index (χ1v) is 8.56. The predicted octanol–water partition coefficient (Wildman–Crippen LogP) is 3.24. The molecule has 0 aliphatic heterocycles. The molecule has 1 N–H and O–H groups in total. The third kappa shape index (κ3) is 4.63. The highest BCUT2D eigenvalue weighted by Gasteiger charge is 2.22. The Hall–Kier alpha value is -1.23. The number of amides is 1. The Balaban J connectivity index is 3.14. The number of hydrogen-bond donors (Lipinski definition) is 1. The summed E-state index contributed by atoms with van der Waals surface area (Å²) >= 11 is 1.75. The van der Waals surface area contributed by atoms with Crippen LogP contribution in [-0.4, -0.2) is 47.9 Å². The molecule has 5 heteroatoms. The fourth-order valence-corrected chi connectivity index (χ4v) is 2.63. The summed E-state index contributed by atoms with van der Waals surface area (Å²) in [6.07, 6.45) is 2.05. The van der Waals surface area contributed by atoms with Gasteiger partial charge in [0.25, 0.3) is 5.91 Å². The van der Waals surface area contributed by atoms with Crippen molar-refractivity contribution in [2.75, 3.05) is 31.4 Å². The molecule has 1 atom stereocenters. The van der Waals surface area contributed by atoms with Gasteiger partial charge in [-0.25, -0.2) is 4.98 Å². The van der Waals surface area contributed by atoms with Gasteiger partial charge in [-0.15, -0.1) is 0 Å². The first-order valence-electron chi connectivity index (χ1n) is 7.17. The lowest BCUT2D eigenvalue weighted by Crippen LogP contribution is -2.36. The van der Waals surface area contributed by atoms with Crippen molar-refractivity contribution >= 4 is 23.5 Å². The zero-order valence-electron chi connectivity index (χ0n) is 14.2. The molecular formula is C16H27N3OS. The van der Waals surface area contributed by atoms with Gasteiger partial charge in [0.2, 0.25) is 0 Å². The summed E-state index contributed by atoms with van der Waals surface area (Å²) in [7, 11) is 3.68. The third-order valence-electron chi connectivity index (χ3n) is 3.49. The highest BCUT2D eigenvalue weighted by atomic mass is 32.2. The SMILES string of the molecule is CNc1cc(C(=O)N(C)C(C)CSC)cc(C(C)(C)C)n1. The fourth-order valence-electron chi connectivity index (χ4n) is 1.92. The molecule has 0 saturated heterocycles. The summed E-state index contributed by atoms with van der Waals surface area (Å²) in [5.74, 6) is 1.70. The van der Waals surface area contributed by atoms with Crippen LogP contribution in [0.25, 0.3) is 0 Å². The van der Waals surface area contributed by atoms with E-state index in [1.165, 1.54) is 0 Å². The zero-order valence-corrected chi connectivity index (χ0v) is 15.0. The highest BCUT2D eigenvalue weighted by Crippen LogP contribution is 2.24. The van der Waals surface area contributed by atoms with Gasteiger partial charge in [-0.1, -0.05) is 20.8 Å². The molecule has 1 rings (SSSR count). The van der Waals surface area contributed by atoms with Crippen LogP contribution >= 0.6 is 11.8 Å². The van der Waals surface area contributed by atoms with E-state index in [9.17, 15) is 4.79 Å². The van der Waals surface area contributed by atoms with Crippen molar-refractivity contribution in [3.05, 3.63) is 23.4 Å². The van der Waals surface area contributed by atoms with Crippen LogP contribution in [0, 0.1) is 0 Å². The normalized spacial score (nSPS) is 12.9. The standard InChI is InChI=1S/C16H27N3OS/c1-11(10-21-7)19(6)15(20)12-8-13(16(2,3)4)18-14(9-12)17-5/h8-9,11H,10H2,1-7H3,(H,17,18). The molecule has 1 heterocycles. The first-order chi connectivity index (χ1) is 9.70. The number of hydrogen-bond acceptors (Lipinski definition) is 4. The van der Waals surface area contributed by atoms with E-state index in [4.69, 9.17) is 0 Å². The molecule has 21 heavy (non-hydrogen) atoms. The van der Waals surface area contributed by atoms with Crippen LogP contribution in [0.1, 0.15) is 43.7 Å². The van der Waals surface area contributed by atoms with Crippen LogP contribution in [0.2, 0.25) is 0 Å². The van der Waals surface area contributed by atoms with Crippen LogP contribution in [0.4, 0.5) is 5.82 Å². The molecule has 0 spiro atoms. The van der Waals surface area contributed by atoms with Crippen LogP contribution in [-0.2, 0) is 5.41 Å².